The largest absolute Gasteiger partial charge is 0.311 e. The fourth-order valence-electron chi connectivity index (χ4n) is 8.89. The average Bonchev–Trinajstić information content (AvgIpc) is 3.63. The Labute approximate surface area is 332 Å². The second kappa shape index (κ2) is 13.7. The molecular formula is C54H39N3. The van der Waals surface area contributed by atoms with Crippen LogP contribution in [-0.2, 0) is 0 Å². The van der Waals surface area contributed by atoms with Gasteiger partial charge in [-0.05, 0) is 108 Å². The van der Waals surface area contributed by atoms with E-state index in [4.69, 9.17) is 0 Å². The number of aromatic nitrogens is 2. The number of anilines is 3. The third-order valence-corrected chi connectivity index (χ3v) is 11.5. The van der Waals surface area contributed by atoms with Crippen molar-refractivity contribution >= 4 is 71.8 Å². The standard InChI is InChI=1S/C54H39N3/c1-3-14-38(15-4-1)40-26-30-42(31-27-40)55(43-32-28-41(29-33-43)39-16-5-2-6-17-39)44-34-36-45(37-35-44)56-50-22-9-7-18-46(50)48-20-13-21-49-47-19-8-10-23-51(47)57(54(48)49)53-25-12-11-24-52(53)56/h1,3-5,7-37H,2,6H2. The summed E-state index contributed by atoms with van der Waals surface area (Å²) >= 11 is 0. The molecule has 0 fully saturated rings. The third-order valence-electron chi connectivity index (χ3n) is 11.5. The first-order chi connectivity index (χ1) is 28.3. The van der Waals surface area contributed by atoms with Crippen LogP contribution in [0.15, 0.2) is 212 Å². The van der Waals surface area contributed by atoms with Gasteiger partial charge in [-0.1, -0.05) is 140 Å². The first kappa shape index (κ1) is 33.0. The minimum atomic E-state index is 1.09. The molecule has 8 aromatic carbocycles. The summed E-state index contributed by atoms with van der Waals surface area (Å²) in [6.45, 7) is 0. The zero-order chi connectivity index (χ0) is 37.7. The predicted octanol–water partition coefficient (Wildman–Crippen LogP) is 14.8. The summed E-state index contributed by atoms with van der Waals surface area (Å²) in [5.74, 6) is 0. The smallest absolute Gasteiger partial charge is 0.0703 e. The van der Waals surface area contributed by atoms with Gasteiger partial charge in [0.1, 0.15) is 0 Å². The van der Waals surface area contributed by atoms with Gasteiger partial charge in [0.25, 0.3) is 0 Å². The van der Waals surface area contributed by atoms with Crippen LogP contribution in [0.4, 0.5) is 17.1 Å². The Balaban J connectivity index is 1.11. The van der Waals surface area contributed by atoms with E-state index in [-0.39, 0.29) is 0 Å². The molecule has 0 amide bonds. The van der Waals surface area contributed by atoms with Gasteiger partial charge in [-0.2, -0.15) is 0 Å². The first-order valence-electron chi connectivity index (χ1n) is 19.8. The van der Waals surface area contributed by atoms with Gasteiger partial charge < -0.3 is 13.9 Å². The minimum Gasteiger partial charge on any atom is -0.311 e. The summed E-state index contributed by atoms with van der Waals surface area (Å²) in [5, 5.41) is 4.95. The molecule has 1 aliphatic rings. The average molecular weight is 730 g/mol. The molecule has 2 heterocycles. The van der Waals surface area contributed by atoms with Crippen molar-refractivity contribution in [2.45, 2.75) is 12.8 Å². The Morgan fingerprint density at radius 2 is 0.877 bits per heavy atom. The van der Waals surface area contributed by atoms with E-state index in [1.807, 2.05) is 0 Å². The van der Waals surface area contributed by atoms with E-state index in [0.29, 0.717) is 0 Å². The van der Waals surface area contributed by atoms with E-state index >= 15 is 0 Å². The van der Waals surface area contributed by atoms with Crippen molar-refractivity contribution in [1.29, 1.82) is 0 Å². The van der Waals surface area contributed by atoms with Crippen molar-refractivity contribution in [1.82, 2.24) is 8.97 Å². The second-order valence-electron chi connectivity index (χ2n) is 14.8. The Bertz CT molecular complexity index is 3200. The highest BCUT2D eigenvalue weighted by Crippen LogP contribution is 2.40. The Hall–Kier alpha value is -7.36. The Morgan fingerprint density at radius 3 is 1.53 bits per heavy atom. The maximum atomic E-state index is 2.47. The molecule has 57 heavy (non-hydrogen) atoms. The number of fused-ring (bicyclic) bond motifs is 7. The van der Waals surface area contributed by atoms with Gasteiger partial charge in [-0.25, -0.2) is 0 Å². The van der Waals surface area contributed by atoms with Crippen LogP contribution in [-0.4, -0.2) is 8.97 Å². The lowest BCUT2D eigenvalue weighted by atomic mass is 9.99. The van der Waals surface area contributed by atoms with Crippen LogP contribution in [0.5, 0.6) is 0 Å². The van der Waals surface area contributed by atoms with Crippen molar-refractivity contribution in [3.8, 4) is 16.8 Å². The maximum Gasteiger partial charge on any atom is 0.0703 e. The minimum absolute atomic E-state index is 1.09. The molecule has 0 unspecified atom stereocenters. The van der Waals surface area contributed by atoms with Crippen molar-refractivity contribution in [2.75, 3.05) is 4.90 Å². The van der Waals surface area contributed by atoms with Crippen LogP contribution in [0, 0.1) is 0 Å². The van der Waals surface area contributed by atoms with Gasteiger partial charge in [0.2, 0.25) is 0 Å². The lowest BCUT2D eigenvalue weighted by Gasteiger charge is -2.26. The number of hydrogen-bond donors (Lipinski definition) is 0. The molecule has 2 aromatic heterocycles. The molecule has 3 heteroatoms. The van der Waals surface area contributed by atoms with Gasteiger partial charge in [0.15, 0.2) is 0 Å². The molecule has 0 N–H and O–H groups in total. The van der Waals surface area contributed by atoms with E-state index in [1.54, 1.807) is 0 Å². The molecule has 11 rings (SSSR count). The second-order valence-corrected chi connectivity index (χ2v) is 14.8. The SMILES string of the molecule is C1=CC(c2ccc(N(c3ccc(-c4ccccc4)cc3)c3ccc(-n4c5ccccc5c5cccc6c7ccccc7n(c7ccccc74)c56)cc3)cc2)=CCC1. The fourth-order valence-corrected chi connectivity index (χ4v) is 8.89. The molecule has 0 spiro atoms. The van der Waals surface area contributed by atoms with Crippen LogP contribution >= 0.6 is 0 Å². The van der Waals surface area contributed by atoms with E-state index < -0.39 is 0 Å². The van der Waals surface area contributed by atoms with E-state index in [1.165, 1.54) is 54.8 Å². The summed E-state index contributed by atoms with van der Waals surface area (Å²) in [6.07, 6.45) is 9.06. The summed E-state index contributed by atoms with van der Waals surface area (Å²) in [4.78, 5) is 2.36. The third kappa shape index (κ3) is 5.58. The van der Waals surface area contributed by atoms with Crippen LogP contribution in [0.1, 0.15) is 18.4 Å². The molecule has 10 aromatic rings. The predicted molar refractivity (Wildman–Crippen MR) is 242 cm³/mol. The summed E-state index contributed by atoms with van der Waals surface area (Å²) < 4.78 is 4.90. The molecule has 0 radical (unpaired) electrons. The topological polar surface area (TPSA) is 12.6 Å². The summed E-state index contributed by atoms with van der Waals surface area (Å²) in [6, 6.07) is 70.8. The van der Waals surface area contributed by atoms with E-state index in [9.17, 15) is 0 Å². The van der Waals surface area contributed by atoms with Crippen molar-refractivity contribution in [3.63, 3.8) is 0 Å². The maximum absolute atomic E-state index is 2.47. The molecule has 0 atom stereocenters. The van der Waals surface area contributed by atoms with E-state index in [2.05, 4.69) is 226 Å². The highest BCUT2D eigenvalue weighted by atomic mass is 15.1. The normalized spacial score (nSPS) is 12.8. The van der Waals surface area contributed by atoms with Crippen LogP contribution in [0.2, 0.25) is 0 Å². The Morgan fingerprint density at radius 1 is 0.368 bits per heavy atom. The molecule has 0 bridgehead atoms. The van der Waals surface area contributed by atoms with Gasteiger partial charge >= 0.3 is 0 Å². The zero-order valence-corrected chi connectivity index (χ0v) is 31.5. The highest BCUT2D eigenvalue weighted by Gasteiger charge is 2.18. The quantitative estimate of drug-likeness (QED) is 0.166. The highest BCUT2D eigenvalue weighted by molar-refractivity contribution is 6.20. The number of nitrogens with zero attached hydrogens (tertiary/aromatic N) is 3. The fraction of sp³-hybridized carbons (Fsp3) is 0.0370. The Kier molecular flexibility index (Phi) is 7.96. The van der Waals surface area contributed by atoms with Crippen LogP contribution in [0.3, 0.4) is 0 Å². The number of benzene rings is 8. The number of allylic oxidation sites excluding steroid dienone is 4. The summed E-state index contributed by atoms with van der Waals surface area (Å²) in [5.41, 5.74) is 15.2. The van der Waals surface area contributed by atoms with Gasteiger partial charge in [0.05, 0.1) is 27.6 Å². The number of hydrogen-bond acceptors (Lipinski definition) is 1. The number of para-hydroxylation sites is 5. The molecule has 0 saturated heterocycles. The molecule has 0 saturated carbocycles. The van der Waals surface area contributed by atoms with E-state index in [0.717, 1.165) is 52.1 Å². The van der Waals surface area contributed by atoms with Crippen molar-refractivity contribution in [3.05, 3.63) is 218 Å². The van der Waals surface area contributed by atoms with Gasteiger partial charge in [-0.15, -0.1) is 0 Å². The molecule has 3 nitrogen and oxygen atoms in total. The molecular weight excluding hydrogens is 691 g/mol. The summed E-state index contributed by atoms with van der Waals surface area (Å²) in [7, 11) is 0. The van der Waals surface area contributed by atoms with Crippen LogP contribution < -0.4 is 4.90 Å². The molecule has 270 valence electrons. The monoisotopic (exact) mass is 729 g/mol. The van der Waals surface area contributed by atoms with Crippen LogP contribution in [0.25, 0.3) is 71.5 Å². The van der Waals surface area contributed by atoms with Crippen molar-refractivity contribution < 1.29 is 0 Å². The molecule has 0 aliphatic heterocycles. The van der Waals surface area contributed by atoms with Gasteiger partial charge in [-0.3, -0.25) is 0 Å². The molecule has 1 aliphatic carbocycles. The lowest BCUT2D eigenvalue weighted by molar-refractivity contribution is 1.04. The number of rotatable bonds is 6. The van der Waals surface area contributed by atoms with Gasteiger partial charge in [0, 0.05) is 44.3 Å². The lowest BCUT2D eigenvalue weighted by Crippen LogP contribution is -2.10. The first-order valence-corrected chi connectivity index (χ1v) is 19.8. The zero-order valence-electron chi connectivity index (χ0n) is 31.5. The van der Waals surface area contributed by atoms with Crippen molar-refractivity contribution in [2.24, 2.45) is 0 Å².